The lowest BCUT2D eigenvalue weighted by atomic mass is 9.92. The van der Waals surface area contributed by atoms with Gasteiger partial charge in [0.15, 0.2) is 0 Å². The highest BCUT2D eigenvalue weighted by atomic mass is 16.3. The second-order valence-electron chi connectivity index (χ2n) is 5.31. The molecule has 0 fully saturated rings. The highest BCUT2D eigenvalue weighted by Gasteiger charge is 2.25. The lowest BCUT2D eigenvalue weighted by Gasteiger charge is -2.33. The van der Waals surface area contributed by atoms with Crippen LogP contribution < -0.4 is 5.32 Å². The predicted octanol–water partition coefficient (Wildman–Crippen LogP) is 1.78. The molecule has 0 spiro atoms. The Morgan fingerprint density at radius 1 is 1.17 bits per heavy atom. The molecule has 0 radical (unpaired) electrons. The summed E-state index contributed by atoms with van der Waals surface area (Å²) in [5.74, 6) is 0. The Hall–Kier alpha value is -0.0800. The van der Waals surface area contributed by atoms with Crippen molar-refractivity contribution in [2.75, 3.05) is 6.54 Å². The minimum absolute atomic E-state index is 0.187. The molecule has 2 nitrogen and oxygen atoms in total. The van der Waals surface area contributed by atoms with Crippen LogP contribution in [-0.4, -0.2) is 23.3 Å². The summed E-state index contributed by atoms with van der Waals surface area (Å²) >= 11 is 0. The second-order valence-corrected chi connectivity index (χ2v) is 5.31. The quantitative estimate of drug-likeness (QED) is 0.682. The zero-order chi connectivity index (χ0) is 9.99. The fraction of sp³-hybridized carbons (Fsp3) is 1.00. The molecule has 0 rings (SSSR count). The molecule has 74 valence electrons. The zero-order valence-corrected chi connectivity index (χ0v) is 9.23. The fourth-order valence-corrected chi connectivity index (χ4v) is 0.641. The first kappa shape index (κ1) is 11.9. The maximum atomic E-state index is 9.41. The van der Waals surface area contributed by atoms with Crippen molar-refractivity contribution in [3.8, 4) is 0 Å². The van der Waals surface area contributed by atoms with Crippen molar-refractivity contribution in [1.82, 2.24) is 5.32 Å². The van der Waals surface area contributed by atoms with E-state index in [1.807, 2.05) is 20.8 Å². The lowest BCUT2D eigenvalue weighted by Crippen LogP contribution is -2.50. The molecule has 0 amide bonds. The van der Waals surface area contributed by atoms with Crippen LogP contribution in [0.25, 0.3) is 0 Å². The Morgan fingerprint density at radius 3 is 1.83 bits per heavy atom. The van der Waals surface area contributed by atoms with Crippen LogP contribution in [0.5, 0.6) is 0 Å². The molecule has 0 bridgehead atoms. The Kier molecular flexibility index (Phi) is 3.73. The highest BCUT2D eigenvalue weighted by molar-refractivity contribution is 4.84. The summed E-state index contributed by atoms with van der Waals surface area (Å²) < 4.78 is 0. The molecule has 2 heteroatoms. The molecule has 0 aromatic rings. The lowest BCUT2D eigenvalue weighted by molar-refractivity contribution is 0.0899. The van der Waals surface area contributed by atoms with Crippen LogP contribution in [0.15, 0.2) is 0 Å². The molecule has 0 aliphatic heterocycles. The summed E-state index contributed by atoms with van der Waals surface area (Å²) in [6, 6.07) is 0. The van der Waals surface area contributed by atoms with Gasteiger partial charge in [-0.05, 0) is 26.2 Å². The van der Waals surface area contributed by atoms with E-state index in [0.29, 0.717) is 0 Å². The van der Waals surface area contributed by atoms with Crippen LogP contribution in [0.1, 0.15) is 41.5 Å². The molecule has 0 aromatic heterocycles. The summed E-state index contributed by atoms with van der Waals surface area (Å²) in [5.41, 5.74) is 0.0828. The van der Waals surface area contributed by atoms with Crippen molar-refractivity contribution in [2.45, 2.75) is 53.2 Å². The van der Waals surface area contributed by atoms with E-state index in [9.17, 15) is 5.11 Å². The molecule has 0 saturated heterocycles. The molecule has 12 heavy (non-hydrogen) atoms. The van der Waals surface area contributed by atoms with Gasteiger partial charge in [-0.25, -0.2) is 0 Å². The van der Waals surface area contributed by atoms with Crippen LogP contribution in [0, 0.1) is 5.41 Å². The van der Waals surface area contributed by atoms with Gasteiger partial charge in [0.1, 0.15) is 0 Å². The fourth-order valence-electron chi connectivity index (χ4n) is 0.641. The summed E-state index contributed by atoms with van der Waals surface area (Å²) in [5, 5.41) is 12.8. The van der Waals surface area contributed by atoms with Crippen LogP contribution >= 0.6 is 0 Å². The van der Waals surface area contributed by atoms with Crippen molar-refractivity contribution in [2.24, 2.45) is 5.41 Å². The van der Waals surface area contributed by atoms with E-state index < -0.39 is 0 Å². The number of aliphatic hydroxyl groups excluding tert-OH is 1. The summed E-state index contributed by atoms with van der Waals surface area (Å²) in [7, 11) is 0. The van der Waals surface area contributed by atoms with Crippen molar-refractivity contribution < 1.29 is 5.11 Å². The SMILES string of the molecule is CC(O)C(C)(C)NCC(C)(C)C. The van der Waals surface area contributed by atoms with Gasteiger partial charge in [-0.15, -0.1) is 0 Å². The van der Waals surface area contributed by atoms with Gasteiger partial charge in [0.2, 0.25) is 0 Å². The van der Waals surface area contributed by atoms with Gasteiger partial charge < -0.3 is 10.4 Å². The Bertz CT molecular complexity index is 133. The number of nitrogens with one attached hydrogen (secondary N) is 1. The molecule has 2 N–H and O–H groups in total. The molecule has 0 aromatic carbocycles. The summed E-state index contributed by atoms with van der Waals surface area (Å²) in [4.78, 5) is 0. The largest absolute Gasteiger partial charge is 0.392 e. The van der Waals surface area contributed by atoms with E-state index in [-0.39, 0.29) is 17.1 Å². The second kappa shape index (κ2) is 3.75. The van der Waals surface area contributed by atoms with Gasteiger partial charge in [0, 0.05) is 12.1 Å². The molecule has 0 heterocycles. The first-order chi connectivity index (χ1) is 5.15. The third-order valence-electron chi connectivity index (χ3n) is 2.12. The van der Waals surface area contributed by atoms with Crippen LogP contribution in [-0.2, 0) is 0 Å². The van der Waals surface area contributed by atoms with E-state index in [2.05, 4.69) is 26.1 Å². The van der Waals surface area contributed by atoms with Crippen molar-refractivity contribution >= 4 is 0 Å². The number of hydrogen-bond acceptors (Lipinski definition) is 2. The monoisotopic (exact) mass is 173 g/mol. The molecule has 0 saturated carbocycles. The minimum atomic E-state index is -0.320. The first-order valence-electron chi connectivity index (χ1n) is 4.58. The Balaban J connectivity index is 3.93. The maximum absolute atomic E-state index is 9.41. The summed E-state index contributed by atoms with van der Waals surface area (Å²) in [6.07, 6.45) is -0.320. The summed E-state index contributed by atoms with van der Waals surface area (Å²) in [6.45, 7) is 13.3. The average molecular weight is 173 g/mol. The molecule has 0 aliphatic rings. The molecule has 1 atom stereocenters. The van der Waals surface area contributed by atoms with E-state index in [1.54, 1.807) is 0 Å². The van der Waals surface area contributed by atoms with Gasteiger partial charge in [0.25, 0.3) is 0 Å². The maximum Gasteiger partial charge on any atom is 0.0688 e. The van der Waals surface area contributed by atoms with Crippen LogP contribution in [0.3, 0.4) is 0 Å². The average Bonchev–Trinajstić information content (AvgIpc) is 1.82. The van der Waals surface area contributed by atoms with Crippen molar-refractivity contribution in [1.29, 1.82) is 0 Å². The predicted molar refractivity (Wildman–Crippen MR) is 53.2 cm³/mol. The van der Waals surface area contributed by atoms with Crippen LogP contribution in [0.4, 0.5) is 0 Å². The Morgan fingerprint density at radius 2 is 1.58 bits per heavy atom. The van der Waals surface area contributed by atoms with E-state index in [1.165, 1.54) is 0 Å². The van der Waals surface area contributed by atoms with E-state index >= 15 is 0 Å². The van der Waals surface area contributed by atoms with Crippen LogP contribution in [0.2, 0.25) is 0 Å². The standard InChI is InChI=1S/C10H23NO/c1-8(12)10(5,6)11-7-9(2,3)4/h8,11-12H,7H2,1-6H3. The van der Waals surface area contributed by atoms with Gasteiger partial charge in [-0.3, -0.25) is 0 Å². The zero-order valence-electron chi connectivity index (χ0n) is 9.23. The number of rotatable bonds is 3. The van der Waals surface area contributed by atoms with E-state index in [0.717, 1.165) is 6.54 Å². The third kappa shape index (κ3) is 4.73. The topological polar surface area (TPSA) is 32.3 Å². The molecule has 1 unspecified atom stereocenters. The highest BCUT2D eigenvalue weighted by Crippen LogP contribution is 2.15. The van der Waals surface area contributed by atoms with Crippen molar-refractivity contribution in [3.63, 3.8) is 0 Å². The molecule has 0 aliphatic carbocycles. The molecular formula is C10H23NO. The van der Waals surface area contributed by atoms with Crippen molar-refractivity contribution in [3.05, 3.63) is 0 Å². The van der Waals surface area contributed by atoms with E-state index in [4.69, 9.17) is 0 Å². The minimum Gasteiger partial charge on any atom is -0.392 e. The van der Waals surface area contributed by atoms with Gasteiger partial charge in [-0.2, -0.15) is 0 Å². The smallest absolute Gasteiger partial charge is 0.0688 e. The van der Waals surface area contributed by atoms with Gasteiger partial charge >= 0.3 is 0 Å². The number of hydrogen-bond donors (Lipinski definition) is 2. The number of aliphatic hydroxyl groups is 1. The third-order valence-corrected chi connectivity index (χ3v) is 2.12. The van der Waals surface area contributed by atoms with Gasteiger partial charge in [0.05, 0.1) is 6.10 Å². The first-order valence-corrected chi connectivity index (χ1v) is 4.58. The normalized spacial score (nSPS) is 16.2. The van der Waals surface area contributed by atoms with Gasteiger partial charge in [-0.1, -0.05) is 20.8 Å². The molecular weight excluding hydrogens is 150 g/mol. The Labute approximate surface area is 76.4 Å².